The van der Waals surface area contributed by atoms with Crippen molar-refractivity contribution in [3.8, 4) is 5.88 Å². The molecule has 0 aromatic carbocycles. The number of nitrogens with one attached hydrogen (secondary N) is 1. The van der Waals surface area contributed by atoms with E-state index >= 15 is 0 Å². The molecule has 3 aliphatic rings. The highest BCUT2D eigenvalue weighted by Crippen LogP contribution is 2.54. The molecule has 2 fully saturated rings. The Kier molecular flexibility index (Phi) is 5.89. The molecule has 0 unspecified atom stereocenters. The van der Waals surface area contributed by atoms with Crippen LogP contribution in [0.25, 0.3) is 10.8 Å². The van der Waals surface area contributed by atoms with E-state index in [1.165, 1.54) is 6.26 Å². The molecule has 3 N–H and O–H groups in total. The van der Waals surface area contributed by atoms with E-state index in [2.05, 4.69) is 15.3 Å². The lowest BCUT2D eigenvalue weighted by Crippen LogP contribution is -2.42. The molecule has 1 spiro atoms. The summed E-state index contributed by atoms with van der Waals surface area (Å²) in [6.45, 7) is 5.91. The van der Waals surface area contributed by atoms with Crippen LogP contribution in [-0.2, 0) is 25.5 Å². The van der Waals surface area contributed by atoms with Gasteiger partial charge >= 0.3 is 5.97 Å². The van der Waals surface area contributed by atoms with Gasteiger partial charge in [-0.15, -0.1) is 0 Å². The predicted octanol–water partition coefficient (Wildman–Crippen LogP) is 3.90. The summed E-state index contributed by atoms with van der Waals surface area (Å²) >= 11 is 0. The standard InChI is InChI=1S/C28H33N5O5S/c1-5-27(3,29)21-14-31-25(38-16-10-17(11-16)39(4,35)36)20-13-30-23(12-19(20)21)32-22-7-6-18-24(33-22)28(8-9-28)15(2)37-26(18)34/h6-7,12-17H,5,8-11,29H2,1-4H3,(H,30,32,33)/t15-,16?,17?,27+/m0/s1. The number of hydrogen-bond donors (Lipinski definition) is 2. The molecule has 2 atom stereocenters. The van der Waals surface area contributed by atoms with Crippen LogP contribution in [0, 0.1) is 0 Å². The van der Waals surface area contributed by atoms with E-state index in [1.807, 2.05) is 26.8 Å². The fourth-order valence-corrected chi connectivity index (χ4v) is 6.68. The Hall–Kier alpha value is -3.31. The van der Waals surface area contributed by atoms with Gasteiger partial charge in [0.2, 0.25) is 5.88 Å². The first-order valence-electron chi connectivity index (χ1n) is 13.3. The van der Waals surface area contributed by atoms with E-state index in [-0.39, 0.29) is 28.8 Å². The molecule has 10 nitrogen and oxygen atoms in total. The van der Waals surface area contributed by atoms with Crippen LogP contribution in [-0.4, -0.2) is 53.1 Å². The molecular formula is C28H33N5O5S. The second kappa shape index (κ2) is 8.85. The Bertz CT molecular complexity index is 1600. The first kappa shape index (κ1) is 25.9. The molecule has 2 saturated carbocycles. The predicted molar refractivity (Wildman–Crippen MR) is 147 cm³/mol. The minimum absolute atomic E-state index is 0.202. The summed E-state index contributed by atoms with van der Waals surface area (Å²) in [6.07, 6.45) is 7.73. The molecule has 11 heteroatoms. The van der Waals surface area contributed by atoms with Crippen LogP contribution in [0.3, 0.4) is 0 Å². The topological polar surface area (TPSA) is 146 Å². The third kappa shape index (κ3) is 4.41. The lowest BCUT2D eigenvalue weighted by molar-refractivity contribution is 0.0183. The number of ether oxygens (including phenoxy) is 2. The highest BCUT2D eigenvalue weighted by molar-refractivity contribution is 7.91. The fourth-order valence-electron chi connectivity index (χ4n) is 5.55. The fraction of sp³-hybridized carbons (Fsp3) is 0.500. The van der Waals surface area contributed by atoms with Crippen LogP contribution < -0.4 is 15.8 Å². The number of sulfone groups is 1. The number of anilines is 2. The van der Waals surface area contributed by atoms with Gasteiger partial charge in [-0.2, -0.15) is 0 Å². The summed E-state index contributed by atoms with van der Waals surface area (Å²) in [5, 5.41) is 4.47. The normalized spacial score (nSPS) is 24.8. The van der Waals surface area contributed by atoms with Crippen LogP contribution >= 0.6 is 0 Å². The Balaban J connectivity index is 1.34. The molecule has 2 aliphatic carbocycles. The van der Waals surface area contributed by atoms with Crippen molar-refractivity contribution < 1.29 is 22.7 Å². The first-order chi connectivity index (χ1) is 18.4. The van der Waals surface area contributed by atoms with Crippen molar-refractivity contribution in [1.82, 2.24) is 15.0 Å². The monoisotopic (exact) mass is 551 g/mol. The van der Waals surface area contributed by atoms with Crippen molar-refractivity contribution in [3.05, 3.63) is 47.4 Å². The second-order valence-electron chi connectivity index (χ2n) is 11.4. The maximum absolute atomic E-state index is 12.4. The summed E-state index contributed by atoms with van der Waals surface area (Å²) in [4.78, 5) is 26.4. The van der Waals surface area contributed by atoms with Crippen molar-refractivity contribution in [3.63, 3.8) is 0 Å². The van der Waals surface area contributed by atoms with E-state index in [4.69, 9.17) is 20.2 Å². The van der Waals surface area contributed by atoms with Crippen LogP contribution in [0.2, 0.25) is 0 Å². The van der Waals surface area contributed by atoms with Crippen LogP contribution in [0.5, 0.6) is 5.88 Å². The number of carbonyl (C=O) groups is 1. The van der Waals surface area contributed by atoms with E-state index in [1.54, 1.807) is 24.5 Å². The Morgan fingerprint density at radius 3 is 2.59 bits per heavy atom. The third-order valence-corrected chi connectivity index (χ3v) is 10.3. The number of aromatic nitrogens is 3. The zero-order valence-electron chi connectivity index (χ0n) is 22.5. The molecule has 4 heterocycles. The molecule has 39 heavy (non-hydrogen) atoms. The van der Waals surface area contributed by atoms with E-state index in [0.29, 0.717) is 47.7 Å². The van der Waals surface area contributed by atoms with Crippen molar-refractivity contribution in [1.29, 1.82) is 0 Å². The highest BCUT2D eigenvalue weighted by atomic mass is 32.2. The average molecular weight is 552 g/mol. The molecule has 0 bridgehead atoms. The van der Waals surface area contributed by atoms with Gasteiger partial charge in [0, 0.05) is 37.0 Å². The molecular weight excluding hydrogens is 518 g/mol. The molecule has 0 saturated heterocycles. The van der Waals surface area contributed by atoms with Gasteiger partial charge in [-0.1, -0.05) is 6.92 Å². The second-order valence-corrected chi connectivity index (χ2v) is 13.8. The molecule has 3 aromatic rings. The van der Waals surface area contributed by atoms with Gasteiger partial charge in [-0.05, 0) is 62.3 Å². The zero-order chi connectivity index (χ0) is 27.7. The van der Waals surface area contributed by atoms with Crippen molar-refractivity contribution in [2.75, 3.05) is 11.6 Å². The van der Waals surface area contributed by atoms with Crippen molar-refractivity contribution >= 4 is 38.2 Å². The van der Waals surface area contributed by atoms with Gasteiger partial charge in [0.1, 0.15) is 23.8 Å². The number of hydrogen-bond acceptors (Lipinski definition) is 10. The molecule has 206 valence electrons. The maximum Gasteiger partial charge on any atom is 0.340 e. The maximum atomic E-state index is 12.4. The van der Waals surface area contributed by atoms with Gasteiger partial charge < -0.3 is 20.5 Å². The Morgan fingerprint density at radius 1 is 1.18 bits per heavy atom. The molecule has 1 aliphatic heterocycles. The Morgan fingerprint density at radius 2 is 1.92 bits per heavy atom. The highest BCUT2D eigenvalue weighted by Gasteiger charge is 2.56. The lowest BCUT2D eigenvalue weighted by atomic mass is 9.88. The first-order valence-corrected chi connectivity index (χ1v) is 15.3. The van der Waals surface area contributed by atoms with Gasteiger partial charge in [-0.3, -0.25) is 0 Å². The van der Waals surface area contributed by atoms with Gasteiger partial charge in [-0.25, -0.2) is 28.2 Å². The smallest absolute Gasteiger partial charge is 0.340 e. The summed E-state index contributed by atoms with van der Waals surface area (Å²) in [5.74, 6) is 1.23. The minimum Gasteiger partial charge on any atom is -0.474 e. The van der Waals surface area contributed by atoms with Crippen molar-refractivity contribution in [2.45, 2.75) is 81.3 Å². The van der Waals surface area contributed by atoms with E-state index in [9.17, 15) is 13.2 Å². The minimum atomic E-state index is -3.08. The number of nitrogens with zero attached hydrogens (tertiary/aromatic N) is 3. The summed E-state index contributed by atoms with van der Waals surface area (Å²) < 4.78 is 35.3. The quantitative estimate of drug-likeness (QED) is 0.415. The van der Waals surface area contributed by atoms with E-state index in [0.717, 1.165) is 29.5 Å². The summed E-state index contributed by atoms with van der Waals surface area (Å²) in [6, 6.07) is 5.43. The van der Waals surface area contributed by atoms with Gasteiger partial charge in [0.15, 0.2) is 9.84 Å². The number of cyclic esters (lactones) is 1. The lowest BCUT2D eigenvalue weighted by Gasteiger charge is -2.34. The number of pyridine rings is 3. The molecule has 0 radical (unpaired) electrons. The third-order valence-electron chi connectivity index (χ3n) is 8.71. The zero-order valence-corrected chi connectivity index (χ0v) is 23.3. The number of fused-ring (bicyclic) bond motifs is 3. The average Bonchev–Trinajstić information content (AvgIpc) is 3.66. The number of nitrogens with two attached hydrogens (primary N) is 1. The van der Waals surface area contributed by atoms with Crippen LogP contribution in [0.4, 0.5) is 11.6 Å². The Labute approximate surface area is 227 Å². The molecule has 0 amide bonds. The molecule has 3 aromatic heterocycles. The SMILES string of the molecule is CC[C@@](C)(N)c1cnc(OC2CC(S(C)(=O)=O)C2)c2cnc(Nc3ccc4c(n3)C3(CC3)[C@H](C)OC4=O)cc12. The van der Waals surface area contributed by atoms with Crippen LogP contribution in [0.15, 0.2) is 30.6 Å². The van der Waals surface area contributed by atoms with Gasteiger partial charge in [0.25, 0.3) is 0 Å². The van der Waals surface area contributed by atoms with E-state index < -0.39 is 15.4 Å². The number of rotatable bonds is 7. The van der Waals surface area contributed by atoms with Crippen LogP contribution in [0.1, 0.15) is 74.5 Å². The number of carbonyl (C=O) groups excluding carboxylic acids is 1. The summed E-state index contributed by atoms with van der Waals surface area (Å²) in [5.41, 5.74) is 7.97. The van der Waals surface area contributed by atoms with Gasteiger partial charge in [0.05, 0.1) is 27.3 Å². The van der Waals surface area contributed by atoms with Crippen molar-refractivity contribution in [2.24, 2.45) is 5.73 Å². The number of esters is 1. The molecule has 6 rings (SSSR count). The summed E-state index contributed by atoms with van der Waals surface area (Å²) in [7, 11) is -3.08. The largest absolute Gasteiger partial charge is 0.474 e.